The summed E-state index contributed by atoms with van der Waals surface area (Å²) in [6.45, 7) is 2.35. The first-order chi connectivity index (χ1) is 8.93. The van der Waals surface area contributed by atoms with Crippen molar-refractivity contribution < 1.29 is 13.2 Å². The molecule has 0 unspecified atom stereocenters. The molecule has 0 radical (unpaired) electrons. The quantitative estimate of drug-likeness (QED) is 0.752. The second-order valence-corrected chi connectivity index (χ2v) is 6.42. The number of nitrogen functional groups attached to an aromatic ring is 1. The zero-order valence-corrected chi connectivity index (χ0v) is 11.5. The van der Waals surface area contributed by atoms with Gasteiger partial charge in [-0.2, -0.15) is 4.31 Å². The summed E-state index contributed by atoms with van der Waals surface area (Å²) in [6.07, 6.45) is 0.604. The molecule has 0 saturated carbocycles. The number of rotatable bonds is 2. The van der Waals surface area contributed by atoms with Crippen molar-refractivity contribution in [1.29, 1.82) is 0 Å². The molecule has 1 saturated heterocycles. The van der Waals surface area contributed by atoms with E-state index in [1.807, 2.05) is 0 Å². The van der Waals surface area contributed by atoms with Crippen LogP contribution < -0.4 is 11.1 Å². The second-order valence-electron chi connectivity index (χ2n) is 4.51. The van der Waals surface area contributed by atoms with Gasteiger partial charge in [0.05, 0.1) is 11.4 Å². The average molecular weight is 283 g/mol. The number of nitrogens with one attached hydrogen (secondary N) is 1. The van der Waals surface area contributed by atoms with Gasteiger partial charge in [-0.15, -0.1) is 0 Å². The minimum Gasteiger partial charge on any atom is -0.398 e. The lowest BCUT2D eigenvalue weighted by atomic mass is 10.2. The van der Waals surface area contributed by atoms with Crippen LogP contribution in [0.2, 0.25) is 0 Å². The predicted octanol–water partition coefficient (Wildman–Crippen LogP) is 0.0878. The molecule has 2 rings (SSSR count). The van der Waals surface area contributed by atoms with Gasteiger partial charge in [-0.1, -0.05) is 6.07 Å². The van der Waals surface area contributed by atoms with Crippen molar-refractivity contribution in [2.24, 2.45) is 0 Å². The molecule has 1 aliphatic heterocycles. The first-order valence-corrected chi connectivity index (χ1v) is 7.49. The number of benzene rings is 1. The largest absolute Gasteiger partial charge is 0.398 e. The Labute approximate surface area is 112 Å². The van der Waals surface area contributed by atoms with E-state index in [-0.39, 0.29) is 17.3 Å². The average Bonchev–Trinajstić information content (AvgIpc) is 2.57. The summed E-state index contributed by atoms with van der Waals surface area (Å²) in [7, 11) is -3.68. The SMILES string of the molecule is Cc1c(N)cccc1S(=O)(=O)N1CCCNC(=O)C1. The predicted molar refractivity (Wildman–Crippen MR) is 72.0 cm³/mol. The summed E-state index contributed by atoms with van der Waals surface area (Å²) in [6, 6.07) is 4.78. The Bertz CT molecular complexity index is 598. The van der Waals surface area contributed by atoms with Crippen molar-refractivity contribution in [3.05, 3.63) is 23.8 Å². The van der Waals surface area contributed by atoms with E-state index in [1.165, 1.54) is 10.4 Å². The van der Waals surface area contributed by atoms with Gasteiger partial charge in [-0.25, -0.2) is 8.42 Å². The van der Waals surface area contributed by atoms with E-state index in [0.717, 1.165) is 0 Å². The van der Waals surface area contributed by atoms with Crippen LogP contribution >= 0.6 is 0 Å². The number of hydrogen-bond donors (Lipinski definition) is 2. The molecule has 1 aromatic carbocycles. The first-order valence-electron chi connectivity index (χ1n) is 6.05. The highest BCUT2D eigenvalue weighted by Crippen LogP contribution is 2.24. The normalized spacial score (nSPS) is 17.8. The fourth-order valence-corrected chi connectivity index (χ4v) is 3.72. The van der Waals surface area contributed by atoms with Gasteiger partial charge in [0.2, 0.25) is 15.9 Å². The van der Waals surface area contributed by atoms with Gasteiger partial charge in [-0.05, 0) is 31.0 Å². The zero-order chi connectivity index (χ0) is 14.0. The summed E-state index contributed by atoms with van der Waals surface area (Å²) >= 11 is 0. The molecule has 7 heteroatoms. The number of carbonyl (C=O) groups excluding carboxylic acids is 1. The van der Waals surface area contributed by atoms with Crippen LogP contribution in [0.15, 0.2) is 23.1 Å². The molecule has 6 nitrogen and oxygen atoms in total. The minimum atomic E-state index is -3.68. The fourth-order valence-electron chi connectivity index (χ4n) is 2.03. The van der Waals surface area contributed by atoms with Crippen LogP contribution in [0.5, 0.6) is 0 Å². The van der Waals surface area contributed by atoms with E-state index in [9.17, 15) is 13.2 Å². The standard InChI is InChI=1S/C12H17N3O3S/c1-9-10(13)4-2-5-11(9)19(17,18)15-7-3-6-14-12(16)8-15/h2,4-5H,3,6-8,13H2,1H3,(H,14,16). The monoisotopic (exact) mass is 283 g/mol. The summed E-state index contributed by atoms with van der Waals surface area (Å²) < 4.78 is 26.3. The lowest BCUT2D eigenvalue weighted by molar-refractivity contribution is -0.120. The lowest BCUT2D eigenvalue weighted by Crippen LogP contribution is -2.37. The molecule has 0 spiro atoms. The number of hydrogen-bond acceptors (Lipinski definition) is 4. The van der Waals surface area contributed by atoms with Crippen molar-refractivity contribution in [2.45, 2.75) is 18.2 Å². The maximum atomic E-state index is 12.5. The van der Waals surface area contributed by atoms with Gasteiger partial charge < -0.3 is 11.1 Å². The second kappa shape index (κ2) is 5.18. The molecule has 1 aromatic rings. The van der Waals surface area contributed by atoms with Crippen molar-refractivity contribution >= 4 is 21.6 Å². The van der Waals surface area contributed by atoms with E-state index in [4.69, 9.17) is 5.73 Å². The Balaban J connectivity index is 2.41. The van der Waals surface area contributed by atoms with Gasteiger partial charge in [0.25, 0.3) is 0 Å². The summed E-state index contributed by atoms with van der Waals surface area (Å²) in [5.74, 6) is -0.275. The highest BCUT2D eigenvalue weighted by atomic mass is 32.2. The number of carbonyl (C=O) groups is 1. The molecule has 19 heavy (non-hydrogen) atoms. The van der Waals surface area contributed by atoms with Gasteiger partial charge >= 0.3 is 0 Å². The lowest BCUT2D eigenvalue weighted by Gasteiger charge is -2.20. The number of sulfonamides is 1. The third-order valence-electron chi connectivity index (χ3n) is 3.17. The minimum absolute atomic E-state index is 0.142. The maximum Gasteiger partial charge on any atom is 0.243 e. The van der Waals surface area contributed by atoms with Crippen molar-refractivity contribution in [1.82, 2.24) is 9.62 Å². The summed E-state index contributed by atoms with van der Waals surface area (Å²) in [4.78, 5) is 11.7. The van der Waals surface area contributed by atoms with Crippen LogP contribution in [-0.2, 0) is 14.8 Å². The Kier molecular flexibility index (Phi) is 3.77. The first kappa shape index (κ1) is 13.8. The molecule has 1 aliphatic rings. The topological polar surface area (TPSA) is 92.5 Å². The molecule has 0 aliphatic carbocycles. The third kappa shape index (κ3) is 2.71. The number of amides is 1. The molecule has 1 heterocycles. The summed E-state index contributed by atoms with van der Waals surface area (Å²) in [5, 5.41) is 2.65. The van der Waals surface area contributed by atoms with Crippen LogP contribution in [-0.4, -0.2) is 38.3 Å². The molecule has 0 aromatic heterocycles. The highest BCUT2D eigenvalue weighted by Gasteiger charge is 2.29. The van der Waals surface area contributed by atoms with Crippen LogP contribution in [0.1, 0.15) is 12.0 Å². The van der Waals surface area contributed by atoms with E-state index in [2.05, 4.69) is 5.32 Å². The number of nitrogens with two attached hydrogens (primary N) is 1. The Morgan fingerprint density at radius 3 is 2.84 bits per heavy atom. The molecule has 0 atom stereocenters. The number of anilines is 1. The smallest absolute Gasteiger partial charge is 0.243 e. The Hall–Kier alpha value is -1.60. The molecular weight excluding hydrogens is 266 g/mol. The maximum absolute atomic E-state index is 12.5. The fraction of sp³-hybridized carbons (Fsp3) is 0.417. The molecular formula is C12H17N3O3S. The molecule has 0 bridgehead atoms. The van der Waals surface area contributed by atoms with E-state index >= 15 is 0 Å². The van der Waals surface area contributed by atoms with Crippen LogP contribution in [0.3, 0.4) is 0 Å². The van der Waals surface area contributed by atoms with Crippen molar-refractivity contribution in [3.8, 4) is 0 Å². The molecule has 1 fully saturated rings. The van der Waals surface area contributed by atoms with Crippen LogP contribution in [0, 0.1) is 6.92 Å². The van der Waals surface area contributed by atoms with Gasteiger partial charge in [0.15, 0.2) is 0 Å². The molecule has 1 amide bonds. The van der Waals surface area contributed by atoms with Gasteiger partial charge in [-0.3, -0.25) is 4.79 Å². The van der Waals surface area contributed by atoms with Crippen molar-refractivity contribution in [3.63, 3.8) is 0 Å². The van der Waals surface area contributed by atoms with Crippen LogP contribution in [0.25, 0.3) is 0 Å². The van der Waals surface area contributed by atoms with Gasteiger partial charge in [0, 0.05) is 18.8 Å². The zero-order valence-electron chi connectivity index (χ0n) is 10.7. The van der Waals surface area contributed by atoms with E-state index < -0.39 is 10.0 Å². The van der Waals surface area contributed by atoms with E-state index in [0.29, 0.717) is 30.8 Å². The Morgan fingerprint density at radius 1 is 1.37 bits per heavy atom. The summed E-state index contributed by atoms with van der Waals surface area (Å²) in [5.41, 5.74) is 6.69. The molecule has 104 valence electrons. The highest BCUT2D eigenvalue weighted by molar-refractivity contribution is 7.89. The van der Waals surface area contributed by atoms with E-state index in [1.54, 1.807) is 19.1 Å². The number of nitrogens with zero attached hydrogens (tertiary/aromatic N) is 1. The Morgan fingerprint density at radius 2 is 2.11 bits per heavy atom. The molecule has 3 N–H and O–H groups in total. The van der Waals surface area contributed by atoms with Crippen molar-refractivity contribution in [2.75, 3.05) is 25.4 Å². The van der Waals surface area contributed by atoms with Gasteiger partial charge in [0.1, 0.15) is 0 Å². The van der Waals surface area contributed by atoms with Crippen LogP contribution in [0.4, 0.5) is 5.69 Å². The third-order valence-corrected chi connectivity index (χ3v) is 5.16.